The maximum absolute atomic E-state index is 12.5. The van der Waals surface area contributed by atoms with E-state index < -0.39 is 16.0 Å². The van der Waals surface area contributed by atoms with Gasteiger partial charge in [-0.2, -0.15) is 4.31 Å². The molecule has 0 aliphatic carbocycles. The van der Waals surface area contributed by atoms with Gasteiger partial charge in [-0.15, -0.1) is 11.3 Å². The zero-order valence-electron chi connectivity index (χ0n) is 12.5. The molecule has 0 bridgehead atoms. The van der Waals surface area contributed by atoms with Crippen LogP contribution in [0.4, 0.5) is 0 Å². The average Bonchev–Trinajstić information content (AvgIpc) is 3.09. The van der Waals surface area contributed by atoms with E-state index in [9.17, 15) is 13.2 Å². The van der Waals surface area contributed by atoms with E-state index in [4.69, 9.17) is 21.1 Å². The zero-order valence-corrected chi connectivity index (χ0v) is 14.9. The molecule has 0 unspecified atom stereocenters. The number of carbonyl (C=O) groups excluding carboxylic acids is 1. The van der Waals surface area contributed by atoms with Gasteiger partial charge in [0.15, 0.2) is 0 Å². The third-order valence-electron chi connectivity index (χ3n) is 3.41. The Morgan fingerprint density at radius 2 is 1.88 bits per heavy atom. The number of nitrogens with zero attached hydrogens (tertiary/aromatic N) is 1. The lowest BCUT2D eigenvalue weighted by molar-refractivity contribution is 0.0729. The highest BCUT2D eigenvalue weighted by Gasteiger charge is 2.28. The van der Waals surface area contributed by atoms with Gasteiger partial charge in [-0.1, -0.05) is 11.6 Å². The van der Waals surface area contributed by atoms with Crippen molar-refractivity contribution in [3.05, 3.63) is 45.6 Å². The first-order chi connectivity index (χ1) is 11.5. The number of ether oxygens (including phenoxy) is 2. The lowest BCUT2D eigenvalue weighted by Crippen LogP contribution is -2.40. The van der Waals surface area contributed by atoms with Crippen LogP contribution in [0.2, 0.25) is 5.02 Å². The topological polar surface area (TPSA) is 72.9 Å². The number of morpholine rings is 1. The molecule has 0 amide bonds. The molecule has 1 aromatic carbocycles. The van der Waals surface area contributed by atoms with Crippen molar-refractivity contribution in [2.75, 3.05) is 26.3 Å². The Morgan fingerprint density at radius 3 is 2.54 bits per heavy atom. The molecule has 9 heteroatoms. The van der Waals surface area contributed by atoms with E-state index in [-0.39, 0.29) is 9.77 Å². The van der Waals surface area contributed by atoms with Crippen LogP contribution in [0.15, 0.2) is 40.6 Å². The highest BCUT2D eigenvalue weighted by Crippen LogP contribution is 2.25. The Balaban J connectivity index is 1.74. The van der Waals surface area contributed by atoms with Crippen molar-refractivity contribution in [2.24, 2.45) is 0 Å². The molecule has 1 aliphatic heterocycles. The molecule has 128 valence electrons. The highest BCUT2D eigenvalue weighted by atomic mass is 35.5. The first kappa shape index (κ1) is 17.4. The van der Waals surface area contributed by atoms with Gasteiger partial charge in [0.05, 0.1) is 18.1 Å². The molecule has 1 aromatic heterocycles. The van der Waals surface area contributed by atoms with Crippen LogP contribution >= 0.6 is 22.9 Å². The number of hydrogen-bond donors (Lipinski definition) is 0. The monoisotopic (exact) mass is 387 g/mol. The number of esters is 1. The summed E-state index contributed by atoms with van der Waals surface area (Å²) in [4.78, 5) is 12.5. The number of halogens is 1. The first-order valence-corrected chi connectivity index (χ1v) is 9.81. The van der Waals surface area contributed by atoms with Gasteiger partial charge in [0, 0.05) is 23.5 Å². The summed E-state index contributed by atoms with van der Waals surface area (Å²) in [5.41, 5.74) is 0. The largest absolute Gasteiger partial charge is 0.422 e. The molecule has 6 nitrogen and oxygen atoms in total. The van der Waals surface area contributed by atoms with Gasteiger partial charge in [0.1, 0.15) is 10.6 Å². The predicted molar refractivity (Wildman–Crippen MR) is 90.3 cm³/mol. The molecule has 3 rings (SSSR count). The quantitative estimate of drug-likeness (QED) is 0.595. The van der Waals surface area contributed by atoms with Crippen molar-refractivity contribution < 1.29 is 22.7 Å². The molecule has 2 heterocycles. The van der Waals surface area contributed by atoms with Gasteiger partial charge in [-0.25, -0.2) is 13.2 Å². The predicted octanol–water partition coefficient (Wildman–Crippen LogP) is 2.64. The average molecular weight is 388 g/mol. The van der Waals surface area contributed by atoms with E-state index in [0.29, 0.717) is 37.1 Å². The van der Waals surface area contributed by atoms with Crippen LogP contribution in [0.1, 0.15) is 9.67 Å². The zero-order chi connectivity index (χ0) is 17.2. The molecule has 0 saturated carbocycles. The van der Waals surface area contributed by atoms with Crippen LogP contribution < -0.4 is 4.74 Å². The van der Waals surface area contributed by atoms with Gasteiger partial charge in [0.25, 0.3) is 0 Å². The Hall–Kier alpha value is -1.45. The minimum Gasteiger partial charge on any atom is -0.422 e. The number of benzene rings is 1. The minimum atomic E-state index is -3.61. The van der Waals surface area contributed by atoms with Gasteiger partial charge in [-0.3, -0.25) is 0 Å². The standard InChI is InChI=1S/C15H14ClNO5S2/c16-11-1-3-12(4-2-11)22-15(18)14-9-13(10-23-14)24(19,20)17-5-7-21-8-6-17/h1-4,9-10H,5-8H2. The fourth-order valence-electron chi connectivity index (χ4n) is 2.16. The summed E-state index contributed by atoms with van der Waals surface area (Å²) >= 11 is 6.81. The second-order valence-electron chi connectivity index (χ2n) is 5.01. The maximum Gasteiger partial charge on any atom is 0.353 e. The van der Waals surface area contributed by atoms with Gasteiger partial charge < -0.3 is 9.47 Å². The van der Waals surface area contributed by atoms with E-state index in [2.05, 4.69) is 0 Å². The summed E-state index contributed by atoms with van der Waals surface area (Å²) in [6, 6.07) is 7.69. The van der Waals surface area contributed by atoms with E-state index in [1.807, 2.05) is 0 Å². The second kappa shape index (κ2) is 7.20. The molecule has 1 saturated heterocycles. The SMILES string of the molecule is O=C(Oc1ccc(Cl)cc1)c1cc(S(=O)(=O)N2CCOCC2)cs1. The second-order valence-corrected chi connectivity index (χ2v) is 8.29. The van der Waals surface area contributed by atoms with Gasteiger partial charge in [-0.05, 0) is 30.3 Å². The van der Waals surface area contributed by atoms with Crippen LogP contribution in [0.5, 0.6) is 5.75 Å². The number of carbonyl (C=O) groups is 1. The number of hydrogen-bond acceptors (Lipinski definition) is 6. The number of sulfonamides is 1. The molecule has 0 radical (unpaired) electrons. The molecule has 2 aromatic rings. The Bertz CT molecular complexity index is 826. The van der Waals surface area contributed by atoms with Crippen molar-refractivity contribution >= 4 is 38.9 Å². The first-order valence-electron chi connectivity index (χ1n) is 7.11. The summed E-state index contributed by atoms with van der Waals surface area (Å²) in [6.45, 7) is 1.36. The van der Waals surface area contributed by atoms with Crippen LogP contribution in [0, 0.1) is 0 Å². The minimum absolute atomic E-state index is 0.0949. The highest BCUT2D eigenvalue weighted by molar-refractivity contribution is 7.89. The molecular formula is C15H14ClNO5S2. The van der Waals surface area contributed by atoms with E-state index in [1.54, 1.807) is 24.3 Å². The van der Waals surface area contributed by atoms with Crippen LogP contribution in [0.3, 0.4) is 0 Å². The Morgan fingerprint density at radius 1 is 1.21 bits per heavy atom. The molecular weight excluding hydrogens is 374 g/mol. The van der Waals surface area contributed by atoms with Crippen molar-refractivity contribution in [3.8, 4) is 5.75 Å². The summed E-state index contributed by atoms with van der Waals surface area (Å²) in [7, 11) is -3.61. The maximum atomic E-state index is 12.5. The van der Waals surface area contributed by atoms with E-state index in [0.717, 1.165) is 11.3 Å². The summed E-state index contributed by atoms with van der Waals surface area (Å²) in [5, 5.41) is 1.98. The third kappa shape index (κ3) is 3.79. The smallest absolute Gasteiger partial charge is 0.353 e. The fraction of sp³-hybridized carbons (Fsp3) is 0.267. The molecule has 1 aliphatic rings. The summed E-state index contributed by atoms with van der Waals surface area (Å²) in [6.07, 6.45) is 0. The van der Waals surface area contributed by atoms with Crippen molar-refractivity contribution in [1.29, 1.82) is 0 Å². The van der Waals surface area contributed by atoms with Crippen molar-refractivity contribution in [3.63, 3.8) is 0 Å². The normalized spacial score (nSPS) is 16.0. The number of thiophene rings is 1. The third-order valence-corrected chi connectivity index (χ3v) is 6.60. The van der Waals surface area contributed by atoms with Crippen molar-refractivity contribution in [2.45, 2.75) is 4.90 Å². The summed E-state index contributed by atoms with van der Waals surface area (Å²) in [5.74, 6) is -0.263. The van der Waals surface area contributed by atoms with E-state index >= 15 is 0 Å². The molecule has 0 spiro atoms. The molecule has 0 N–H and O–H groups in total. The lowest BCUT2D eigenvalue weighted by Gasteiger charge is -2.25. The van der Waals surface area contributed by atoms with Crippen molar-refractivity contribution in [1.82, 2.24) is 4.31 Å². The lowest BCUT2D eigenvalue weighted by atomic mass is 10.3. The summed E-state index contributed by atoms with van der Waals surface area (Å²) < 4.78 is 36.8. The Labute approximate surface area is 148 Å². The molecule has 0 atom stereocenters. The number of rotatable bonds is 4. The van der Waals surface area contributed by atoms with Crippen LogP contribution in [-0.4, -0.2) is 45.0 Å². The molecule has 24 heavy (non-hydrogen) atoms. The van der Waals surface area contributed by atoms with E-state index in [1.165, 1.54) is 15.8 Å². The Kier molecular flexibility index (Phi) is 5.21. The van der Waals surface area contributed by atoms with Gasteiger partial charge >= 0.3 is 5.97 Å². The van der Waals surface area contributed by atoms with Crippen LogP contribution in [-0.2, 0) is 14.8 Å². The molecule has 1 fully saturated rings. The van der Waals surface area contributed by atoms with Crippen LogP contribution in [0.25, 0.3) is 0 Å². The fourth-order valence-corrected chi connectivity index (χ4v) is 4.83. The van der Waals surface area contributed by atoms with Gasteiger partial charge in [0.2, 0.25) is 10.0 Å².